The minimum atomic E-state index is -0.359. The van der Waals surface area contributed by atoms with Crippen LogP contribution in [0.25, 0.3) is 0 Å². The van der Waals surface area contributed by atoms with Crippen LogP contribution in [0.4, 0.5) is 0 Å². The molecule has 2 heterocycles. The van der Waals surface area contributed by atoms with E-state index in [-0.39, 0.29) is 5.60 Å². The average molecular weight is 277 g/mol. The van der Waals surface area contributed by atoms with Gasteiger partial charge in [-0.25, -0.2) is 9.97 Å². The fraction of sp³-hybridized carbons (Fsp3) is 0.733. The molecule has 3 rings (SSSR count). The van der Waals surface area contributed by atoms with E-state index in [1.165, 1.54) is 12.8 Å². The zero-order valence-corrected chi connectivity index (χ0v) is 12.1. The second-order valence-electron chi connectivity index (χ2n) is 5.57. The Hall–Kier alpha value is -1.04. The van der Waals surface area contributed by atoms with Gasteiger partial charge in [-0.3, -0.25) is 0 Å². The molecule has 1 aliphatic heterocycles. The molecule has 0 amide bonds. The van der Waals surface area contributed by atoms with Crippen LogP contribution in [0.1, 0.15) is 44.1 Å². The first-order chi connectivity index (χ1) is 9.82. The van der Waals surface area contributed by atoms with E-state index in [0.29, 0.717) is 25.9 Å². The molecule has 1 aromatic heterocycles. The van der Waals surface area contributed by atoms with Gasteiger partial charge in [0.05, 0.1) is 5.69 Å². The molecule has 1 aromatic rings. The summed E-state index contributed by atoms with van der Waals surface area (Å²) in [6.45, 7) is 4.95. The number of aromatic nitrogens is 2. The predicted molar refractivity (Wildman–Crippen MR) is 75.3 cm³/mol. The van der Waals surface area contributed by atoms with Gasteiger partial charge in [-0.1, -0.05) is 0 Å². The molecule has 1 aliphatic carbocycles. The van der Waals surface area contributed by atoms with Crippen molar-refractivity contribution in [1.82, 2.24) is 15.3 Å². The first-order valence-electron chi connectivity index (χ1n) is 7.60. The molecule has 0 atom stereocenters. The first-order valence-corrected chi connectivity index (χ1v) is 7.60. The maximum Gasteiger partial charge on any atom is 0.160 e. The van der Waals surface area contributed by atoms with Crippen LogP contribution >= 0.6 is 0 Å². The molecule has 5 nitrogen and oxygen atoms in total. The van der Waals surface area contributed by atoms with Gasteiger partial charge in [0.15, 0.2) is 5.82 Å². The van der Waals surface area contributed by atoms with Crippen LogP contribution in [-0.4, -0.2) is 35.8 Å². The van der Waals surface area contributed by atoms with Crippen LogP contribution < -0.4 is 5.32 Å². The summed E-state index contributed by atoms with van der Waals surface area (Å²) in [6.07, 6.45) is 6.10. The van der Waals surface area contributed by atoms with Gasteiger partial charge in [0.25, 0.3) is 0 Å². The molecule has 5 heteroatoms. The molecule has 0 aromatic carbocycles. The van der Waals surface area contributed by atoms with Crippen molar-refractivity contribution in [3.63, 3.8) is 0 Å². The topological polar surface area (TPSA) is 56.3 Å². The Morgan fingerprint density at radius 1 is 1.40 bits per heavy atom. The van der Waals surface area contributed by atoms with Crippen molar-refractivity contribution >= 4 is 0 Å². The highest BCUT2D eigenvalue weighted by molar-refractivity contribution is 5.10. The molecule has 1 saturated heterocycles. The number of nitrogens with zero attached hydrogens (tertiary/aromatic N) is 2. The number of ether oxygens (including phenoxy) is 2. The molecule has 2 fully saturated rings. The van der Waals surface area contributed by atoms with E-state index >= 15 is 0 Å². The fourth-order valence-electron chi connectivity index (χ4n) is 2.66. The van der Waals surface area contributed by atoms with Crippen LogP contribution in [0.5, 0.6) is 0 Å². The molecule has 1 N–H and O–H groups in total. The zero-order chi connectivity index (χ0) is 13.8. The van der Waals surface area contributed by atoms with Crippen LogP contribution in [0.15, 0.2) is 12.3 Å². The highest BCUT2D eigenvalue weighted by Crippen LogP contribution is 2.33. The van der Waals surface area contributed by atoms with E-state index in [0.717, 1.165) is 30.9 Å². The zero-order valence-electron chi connectivity index (χ0n) is 12.1. The summed E-state index contributed by atoms with van der Waals surface area (Å²) in [6, 6.07) is 2.68. The summed E-state index contributed by atoms with van der Waals surface area (Å²) in [7, 11) is 0. The minimum Gasteiger partial charge on any atom is -0.381 e. The maximum atomic E-state index is 6.02. The molecule has 1 saturated carbocycles. The maximum absolute atomic E-state index is 6.02. The number of nitrogens with one attached hydrogen (secondary N) is 1. The van der Waals surface area contributed by atoms with E-state index in [1.807, 2.05) is 19.2 Å². The van der Waals surface area contributed by atoms with Crippen LogP contribution in [0, 0.1) is 0 Å². The van der Waals surface area contributed by atoms with Gasteiger partial charge >= 0.3 is 0 Å². The van der Waals surface area contributed by atoms with Crippen molar-refractivity contribution in [2.75, 3.05) is 19.8 Å². The highest BCUT2D eigenvalue weighted by atomic mass is 16.5. The van der Waals surface area contributed by atoms with Crippen molar-refractivity contribution < 1.29 is 9.47 Å². The molecular weight excluding hydrogens is 254 g/mol. The molecule has 0 spiro atoms. The van der Waals surface area contributed by atoms with E-state index in [9.17, 15) is 0 Å². The van der Waals surface area contributed by atoms with Crippen molar-refractivity contribution in [2.24, 2.45) is 0 Å². The first kappa shape index (κ1) is 13.9. The predicted octanol–water partition coefficient (Wildman–Crippen LogP) is 1.77. The third-order valence-corrected chi connectivity index (χ3v) is 3.99. The van der Waals surface area contributed by atoms with E-state index in [4.69, 9.17) is 14.5 Å². The summed E-state index contributed by atoms with van der Waals surface area (Å²) < 4.78 is 11.5. The minimum absolute atomic E-state index is 0.359. The van der Waals surface area contributed by atoms with Gasteiger partial charge in [-0.05, 0) is 25.8 Å². The molecule has 0 radical (unpaired) electrons. The summed E-state index contributed by atoms with van der Waals surface area (Å²) in [4.78, 5) is 9.21. The Bertz CT molecular complexity index is 437. The summed E-state index contributed by atoms with van der Waals surface area (Å²) in [5.74, 6) is 0.817. The number of hydrogen-bond donors (Lipinski definition) is 1. The second-order valence-corrected chi connectivity index (χ2v) is 5.57. The van der Waals surface area contributed by atoms with Crippen LogP contribution in [0.2, 0.25) is 0 Å². The lowest BCUT2D eigenvalue weighted by atomic mass is 9.93. The van der Waals surface area contributed by atoms with Gasteiger partial charge in [0.1, 0.15) is 5.60 Å². The van der Waals surface area contributed by atoms with E-state index in [1.54, 1.807) is 0 Å². The van der Waals surface area contributed by atoms with Crippen molar-refractivity contribution in [2.45, 2.75) is 50.8 Å². The Balaban J connectivity index is 1.76. The molecule has 0 unspecified atom stereocenters. The van der Waals surface area contributed by atoms with Crippen molar-refractivity contribution in [3.05, 3.63) is 23.8 Å². The van der Waals surface area contributed by atoms with Crippen LogP contribution in [0.3, 0.4) is 0 Å². The Morgan fingerprint density at radius 3 is 2.90 bits per heavy atom. The molecule has 0 bridgehead atoms. The normalized spacial score (nSPS) is 21.9. The fourth-order valence-corrected chi connectivity index (χ4v) is 2.66. The van der Waals surface area contributed by atoms with Crippen LogP contribution in [-0.2, 0) is 21.6 Å². The Kier molecular flexibility index (Phi) is 4.29. The van der Waals surface area contributed by atoms with Gasteiger partial charge in [0, 0.05) is 51.4 Å². The highest BCUT2D eigenvalue weighted by Gasteiger charge is 2.38. The summed E-state index contributed by atoms with van der Waals surface area (Å²) >= 11 is 0. The Morgan fingerprint density at radius 2 is 2.20 bits per heavy atom. The lowest BCUT2D eigenvalue weighted by molar-refractivity contribution is -0.118. The van der Waals surface area contributed by atoms with Gasteiger partial charge < -0.3 is 14.8 Å². The second kappa shape index (κ2) is 6.16. The van der Waals surface area contributed by atoms with Crippen molar-refractivity contribution in [1.29, 1.82) is 0 Å². The summed E-state index contributed by atoms with van der Waals surface area (Å²) in [5, 5.41) is 3.49. The van der Waals surface area contributed by atoms with E-state index in [2.05, 4.69) is 10.3 Å². The SMILES string of the molecule is CCOC1(c2nccc(CNC3CC3)n2)CCOCC1. The van der Waals surface area contributed by atoms with Gasteiger partial charge in [-0.2, -0.15) is 0 Å². The molecule has 2 aliphatic rings. The third-order valence-electron chi connectivity index (χ3n) is 3.99. The number of rotatable bonds is 6. The van der Waals surface area contributed by atoms with Gasteiger partial charge in [0.2, 0.25) is 0 Å². The Labute approximate surface area is 120 Å². The van der Waals surface area contributed by atoms with Crippen molar-refractivity contribution in [3.8, 4) is 0 Å². The summed E-state index contributed by atoms with van der Waals surface area (Å²) in [5.41, 5.74) is 0.690. The third kappa shape index (κ3) is 3.16. The monoisotopic (exact) mass is 277 g/mol. The lowest BCUT2D eigenvalue weighted by Gasteiger charge is -2.35. The lowest BCUT2D eigenvalue weighted by Crippen LogP contribution is -2.38. The average Bonchev–Trinajstić information content (AvgIpc) is 3.31. The smallest absolute Gasteiger partial charge is 0.160 e. The van der Waals surface area contributed by atoms with Gasteiger partial charge in [-0.15, -0.1) is 0 Å². The number of hydrogen-bond acceptors (Lipinski definition) is 5. The standard InChI is InChI=1S/C15H23N3O2/c1-2-20-15(6-9-19-10-7-15)14-16-8-5-13(18-14)11-17-12-3-4-12/h5,8,12,17H,2-4,6-7,9-11H2,1H3. The largest absolute Gasteiger partial charge is 0.381 e. The van der Waals surface area contributed by atoms with E-state index < -0.39 is 0 Å². The quantitative estimate of drug-likeness (QED) is 0.859. The molecular formula is C15H23N3O2. The molecule has 110 valence electrons. The molecule has 20 heavy (non-hydrogen) atoms.